The Morgan fingerprint density at radius 2 is 1.25 bits per heavy atom. The lowest BCUT2D eigenvalue weighted by atomic mass is 10.2. The van der Waals surface area contributed by atoms with Gasteiger partial charge in [0.1, 0.15) is 16.5 Å². The van der Waals surface area contributed by atoms with Gasteiger partial charge in [0.25, 0.3) is 0 Å². The van der Waals surface area contributed by atoms with Crippen molar-refractivity contribution < 1.29 is 0 Å². The summed E-state index contributed by atoms with van der Waals surface area (Å²) in [5, 5.41) is 0. The first-order valence-electron chi connectivity index (χ1n) is 6.03. The van der Waals surface area contributed by atoms with E-state index in [4.69, 9.17) is 0 Å². The van der Waals surface area contributed by atoms with Gasteiger partial charge < -0.3 is 4.23 Å². The Labute approximate surface area is 103 Å². The molecule has 0 heterocycles. The molecule has 0 bridgehead atoms. The number of benzene rings is 1. The van der Waals surface area contributed by atoms with Gasteiger partial charge in [-0.15, -0.1) is 0 Å². The van der Waals surface area contributed by atoms with Gasteiger partial charge in [0.2, 0.25) is 0 Å². The van der Waals surface area contributed by atoms with Crippen LogP contribution in [0.5, 0.6) is 0 Å². The molecule has 0 aliphatic heterocycles. The molecule has 0 spiro atoms. The number of rotatable bonds is 4. The smallest absolute Gasteiger partial charge is 0.112 e. The molecule has 0 aliphatic rings. The Kier molecular flexibility index (Phi) is 4.15. The lowest BCUT2D eigenvalue weighted by Crippen LogP contribution is -2.58. The van der Waals surface area contributed by atoms with Crippen LogP contribution in [0.2, 0.25) is 39.3 Å². The summed E-state index contributed by atoms with van der Waals surface area (Å²) in [7, 11) is -2.42. The molecule has 0 radical (unpaired) electrons. The summed E-state index contributed by atoms with van der Waals surface area (Å²) in [6.45, 7) is 15.8. The number of nitrogens with zero attached hydrogens (tertiary/aromatic N) is 1. The van der Waals surface area contributed by atoms with Gasteiger partial charge in [-0.3, -0.25) is 0 Å². The summed E-state index contributed by atoms with van der Waals surface area (Å²) >= 11 is 0. The summed E-state index contributed by atoms with van der Waals surface area (Å²) in [5.41, 5.74) is 1.45. The van der Waals surface area contributed by atoms with Crippen LogP contribution < -0.4 is 0 Å². The van der Waals surface area contributed by atoms with Crippen LogP contribution in [0.25, 0.3) is 0 Å². The molecule has 0 saturated carbocycles. The minimum atomic E-state index is -1.21. The second-order valence-electron chi connectivity index (χ2n) is 6.41. The first-order chi connectivity index (χ1) is 7.21. The third-order valence-electron chi connectivity index (χ3n) is 2.80. The second-order valence-corrected chi connectivity index (χ2v) is 16.6. The van der Waals surface area contributed by atoms with Crippen LogP contribution in [0, 0.1) is 0 Å². The highest BCUT2D eigenvalue weighted by atomic mass is 28.4. The number of hydrogen-bond acceptors (Lipinski definition) is 1. The van der Waals surface area contributed by atoms with Gasteiger partial charge in [0.05, 0.1) is 0 Å². The topological polar surface area (TPSA) is 3.24 Å². The summed E-state index contributed by atoms with van der Waals surface area (Å²) in [5.74, 6) is 0. The number of hydrogen-bond donors (Lipinski definition) is 0. The first-order valence-corrected chi connectivity index (χ1v) is 12.9. The predicted molar refractivity (Wildman–Crippen MR) is 78.7 cm³/mol. The van der Waals surface area contributed by atoms with Crippen molar-refractivity contribution in [2.45, 2.75) is 45.8 Å². The van der Waals surface area contributed by atoms with Crippen LogP contribution in [0.3, 0.4) is 0 Å². The maximum atomic E-state index is 2.81. The molecular formula is C13H25NSi2. The van der Waals surface area contributed by atoms with E-state index < -0.39 is 16.5 Å². The zero-order valence-electron chi connectivity index (χ0n) is 11.5. The fourth-order valence-electron chi connectivity index (χ4n) is 2.25. The maximum Gasteiger partial charge on any atom is 0.112 e. The molecule has 1 aromatic carbocycles. The van der Waals surface area contributed by atoms with Crippen LogP contribution in [0.15, 0.2) is 30.3 Å². The predicted octanol–water partition coefficient (Wildman–Crippen LogP) is 4.16. The molecule has 0 N–H and O–H groups in total. The third-order valence-corrected chi connectivity index (χ3v) is 10.4. The van der Waals surface area contributed by atoms with Crippen LogP contribution >= 0.6 is 0 Å². The van der Waals surface area contributed by atoms with E-state index in [1.54, 1.807) is 0 Å². The van der Waals surface area contributed by atoms with Crippen molar-refractivity contribution in [2.75, 3.05) is 0 Å². The van der Waals surface area contributed by atoms with Gasteiger partial charge in [-0.25, -0.2) is 0 Å². The molecule has 1 aromatic rings. The second kappa shape index (κ2) is 4.86. The van der Waals surface area contributed by atoms with E-state index in [0.717, 1.165) is 6.54 Å². The van der Waals surface area contributed by atoms with Gasteiger partial charge in [-0.2, -0.15) is 0 Å². The van der Waals surface area contributed by atoms with Crippen LogP contribution in [-0.2, 0) is 6.54 Å². The lowest BCUT2D eigenvalue weighted by Gasteiger charge is -2.43. The largest absolute Gasteiger partial charge is 0.342 e. The normalized spacial score (nSPS) is 13.2. The average Bonchev–Trinajstić information content (AvgIpc) is 2.12. The molecule has 0 unspecified atom stereocenters. The van der Waals surface area contributed by atoms with Crippen molar-refractivity contribution in [3.8, 4) is 0 Å². The zero-order valence-corrected chi connectivity index (χ0v) is 13.5. The molecule has 1 nitrogen and oxygen atoms in total. The monoisotopic (exact) mass is 251 g/mol. The maximum absolute atomic E-state index is 2.81. The van der Waals surface area contributed by atoms with Crippen molar-refractivity contribution in [3.63, 3.8) is 0 Å². The molecule has 90 valence electrons. The summed E-state index contributed by atoms with van der Waals surface area (Å²) in [6, 6.07) is 10.9. The first kappa shape index (κ1) is 13.7. The quantitative estimate of drug-likeness (QED) is 0.726. The Bertz CT molecular complexity index is 308. The minimum Gasteiger partial charge on any atom is -0.342 e. The summed E-state index contributed by atoms with van der Waals surface area (Å²) in [4.78, 5) is 0. The van der Waals surface area contributed by atoms with E-state index in [1.807, 2.05) is 0 Å². The van der Waals surface area contributed by atoms with Crippen LogP contribution in [0.1, 0.15) is 5.56 Å². The minimum absolute atomic E-state index is 1.13. The average molecular weight is 252 g/mol. The van der Waals surface area contributed by atoms with Crippen molar-refractivity contribution in [2.24, 2.45) is 0 Å². The van der Waals surface area contributed by atoms with Gasteiger partial charge in [0, 0.05) is 6.54 Å². The molecule has 0 aromatic heterocycles. The van der Waals surface area contributed by atoms with E-state index >= 15 is 0 Å². The Morgan fingerprint density at radius 3 is 1.62 bits per heavy atom. The van der Waals surface area contributed by atoms with E-state index in [1.165, 1.54) is 5.56 Å². The molecule has 0 aliphatic carbocycles. The molecule has 0 atom stereocenters. The Balaban J connectivity index is 2.89. The van der Waals surface area contributed by atoms with Crippen LogP contribution in [-0.4, -0.2) is 20.7 Å². The van der Waals surface area contributed by atoms with Crippen LogP contribution in [0.4, 0.5) is 0 Å². The summed E-state index contributed by atoms with van der Waals surface area (Å²) < 4.78 is 2.81. The lowest BCUT2D eigenvalue weighted by molar-refractivity contribution is 0.612. The Hall–Kier alpha value is -0.386. The van der Waals surface area contributed by atoms with Gasteiger partial charge in [-0.1, -0.05) is 69.6 Å². The van der Waals surface area contributed by atoms with Crippen molar-refractivity contribution >= 4 is 16.5 Å². The molecule has 0 saturated heterocycles. The molecule has 0 amide bonds. The molecule has 1 rings (SSSR count). The van der Waals surface area contributed by atoms with Crippen molar-refractivity contribution in [3.05, 3.63) is 35.9 Å². The highest BCUT2D eigenvalue weighted by Crippen LogP contribution is 2.22. The van der Waals surface area contributed by atoms with E-state index in [-0.39, 0.29) is 0 Å². The third kappa shape index (κ3) is 3.88. The fraction of sp³-hybridized carbons (Fsp3) is 0.538. The van der Waals surface area contributed by atoms with E-state index in [0.29, 0.717) is 0 Å². The fourth-order valence-corrected chi connectivity index (χ4v) is 11.6. The molecule has 0 fully saturated rings. The molecule has 3 heteroatoms. The summed E-state index contributed by atoms with van der Waals surface area (Å²) in [6.07, 6.45) is 0. The van der Waals surface area contributed by atoms with E-state index in [2.05, 4.69) is 73.8 Å². The standard InChI is InChI=1S/C13H25NSi2/c1-15(2,3)14(16(4,5)6)12-13-10-8-7-9-11-13/h7-11H,12H2,1-6H3. The highest BCUT2D eigenvalue weighted by Gasteiger charge is 2.33. The van der Waals surface area contributed by atoms with Gasteiger partial charge >= 0.3 is 0 Å². The SMILES string of the molecule is C[Si](C)(C)N(Cc1ccccc1)[Si](C)(C)C. The van der Waals surface area contributed by atoms with Crippen molar-refractivity contribution in [1.82, 2.24) is 4.23 Å². The highest BCUT2D eigenvalue weighted by molar-refractivity contribution is 6.89. The zero-order chi connectivity index (χ0) is 12.4. The van der Waals surface area contributed by atoms with Gasteiger partial charge in [0.15, 0.2) is 0 Å². The Morgan fingerprint density at radius 1 is 0.812 bits per heavy atom. The van der Waals surface area contributed by atoms with Gasteiger partial charge in [-0.05, 0) is 5.56 Å². The molecular weight excluding hydrogens is 226 g/mol. The molecule has 16 heavy (non-hydrogen) atoms. The van der Waals surface area contributed by atoms with E-state index in [9.17, 15) is 0 Å². The van der Waals surface area contributed by atoms with Crippen molar-refractivity contribution in [1.29, 1.82) is 0 Å².